The molecule has 4 atom stereocenters. The van der Waals surface area contributed by atoms with Crippen molar-refractivity contribution in [3.63, 3.8) is 0 Å². The van der Waals surface area contributed by atoms with Crippen molar-refractivity contribution in [1.82, 2.24) is 0 Å². The quantitative estimate of drug-likeness (QED) is 0.721. The van der Waals surface area contributed by atoms with Crippen LogP contribution in [0.25, 0.3) is 0 Å². The zero-order valence-corrected chi connectivity index (χ0v) is 9.99. The van der Waals surface area contributed by atoms with Gasteiger partial charge in [0, 0.05) is 26.6 Å². The summed E-state index contributed by atoms with van der Waals surface area (Å²) in [6.07, 6.45) is 5.07. The normalized spacial score (nSPS) is 45.4. The Hall–Kier alpha value is -0.120. The first-order valence-electron chi connectivity index (χ1n) is 5.95. The maximum absolute atomic E-state index is 6.06. The van der Waals surface area contributed by atoms with Crippen molar-refractivity contribution in [1.29, 1.82) is 0 Å². The summed E-state index contributed by atoms with van der Waals surface area (Å²) in [6, 6.07) is 0. The summed E-state index contributed by atoms with van der Waals surface area (Å²) in [5, 5.41) is 0. The summed E-state index contributed by atoms with van der Waals surface area (Å²) in [6.45, 7) is 2.92. The number of rotatable bonds is 3. The van der Waals surface area contributed by atoms with E-state index < -0.39 is 0 Å². The van der Waals surface area contributed by atoms with Gasteiger partial charge in [-0.15, -0.1) is 0 Å². The molecule has 0 spiro atoms. The minimum Gasteiger partial charge on any atom is -0.384 e. The van der Waals surface area contributed by atoms with Gasteiger partial charge in [0.25, 0.3) is 0 Å². The fraction of sp³-hybridized carbons (Fsp3) is 1.00. The van der Waals surface area contributed by atoms with Crippen molar-refractivity contribution in [2.75, 3.05) is 20.8 Å². The summed E-state index contributed by atoms with van der Waals surface area (Å²) in [7, 11) is 3.53. The third-order valence-electron chi connectivity index (χ3n) is 4.07. The van der Waals surface area contributed by atoms with E-state index in [2.05, 4.69) is 6.92 Å². The molecular weight excluding hydrogens is 192 g/mol. The van der Waals surface area contributed by atoms with Gasteiger partial charge in [-0.1, -0.05) is 6.42 Å². The van der Waals surface area contributed by atoms with Gasteiger partial charge >= 0.3 is 0 Å². The van der Waals surface area contributed by atoms with Crippen LogP contribution in [0.5, 0.6) is 0 Å². The van der Waals surface area contributed by atoms with Gasteiger partial charge < -0.3 is 14.2 Å². The van der Waals surface area contributed by atoms with Crippen LogP contribution in [-0.2, 0) is 14.2 Å². The summed E-state index contributed by atoms with van der Waals surface area (Å²) >= 11 is 0. The van der Waals surface area contributed by atoms with Crippen molar-refractivity contribution >= 4 is 0 Å². The highest BCUT2D eigenvalue weighted by Crippen LogP contribution is 2.48. The van der Waals surface area contributed by atoms with E-state index in [4.69, 9.17) is 14.2 Å². The van der Waals surface area contributed by atoms with E-state index in [1.807, 2.05) is 0 Å². The molecule has 0 aromatic carbocycles. The van der Waals surface area contributed by atoms with Gasteiger partial charge in [-0.3, -0.25) is 0 Å². The van der Waals surface area contributed by atoms with E-state index >= 15 is 0 Å². The minimum absolute atomic E-state index is 0.311. The first-order valence-corrected chi connectivity index (χ1v) is 5.95. The van der Waals surface area contributed by atoms with Crippen LogP contribution in [0, 0.1) is 11.8 Å². The van der Waals surface area contributed by atoms with Crippen LogP contribution in [0.4, 0.5) is 0 Å². The Morgan fingerprint density at radius 1 is 1.33 bits per heavy atom. The Bertz CT molecular complexity index is 219. The van der Waals surface area contributed by atoms with Gasteiger partial charge in [0.1, 0.15) is 0 Å². The molecule has 15 heavy (non-hydrogen) atoms. The standard InChI is InChI=1S/C12H22O3/c1-9-10-6-4-5-7-12(14-3,15-9)11(10)8-13-2/h9-11H,4-8H2,1-3H3. The second-order valence-corrected chi connectivity index (χ2v) is 4.81. The van der Waals surface area contributed by atoms with E-state index in [1.165, 1.54) is 19.3 Å². The molecule has 1 aliphatic carbocycles. The summed E-state index contributed by atoms with van der Waals surface area (Å²) in [5.41, 5.74) is 0. The van der Waals surface area contributed by atoms with Crippen LogP contribution in [0.15, 0.2) is 0 Å². The molecule has 0 radical (unpaired) electrons. The average molecular weight is 214 g/mol. The molecule has 3 heteroatoms. The van der Waals surface area contributed by atoms with E-state index in [0.717, 1.165) is 13.0 Å². The first kappa shape index (κ1) is 11.4. The smallest absolute Gasteiger partial charge is 0.173 e. The lowest BCUT2D eigenvalue weighted by atomic mass is 9.85. The Labute approximate surface area is 92.1 Å². The first-order chi connectivity index (χ1) is 7.23. The largest absolute Gasteiger partial charge is 0.384 e. The second kappa shape index (κ2) is 4.40. The maximum Gasteiger partial charge on any atom is 0.173 e. The highest BCUT2D eigenvalue weighted by atomic mass is 16.7. The monoisotopic (exact) mass is 214 g/mol. The molecule has 1 aliphatic heterocycles. The molecule has 4 unspecified atom stereocenters. The highest BCUT2D eigenvalue weighted by molar-refractivity contribution is 4.96. The number of ether oxygens (including phenoxy) is 3. The topological polar surface area (TPSA) is 27.7 Å². The Balaban J connectivity index is 2.23. The molecule has 1 saturated carbocycles. The fourth-order valence-electron chi connectivity index (χ4n) is 3.31. The van der Waals surface area contributed by atoms with Crippen LogP contribution < -0.4 is 0 Å². The fourth-order valence-corrected chi connectivity index (χ4v) is 3.31. The Morgan fingerprint density at radius 3 is 2.80 bits per heavy atom. The van der Waals surface area contributed by atoms with Gasteiger partial charge in [0.15, 0.2) is 5.79 Å². The Kier molecular flexibility index (Phi) is 3.33. The third-order valence-corrected chi connectivity index (χ3v) is 4.07. The molecular formula is C12H22O3. The zero-order valence-electron chi connectivity index (χ0n) is 9.99. The lowest BCUT2D eigenvalue weighted by molar-refractivity contribution is -0.237. The van der Waals surface area contributed by atoms with Crippen LogP contribution in [-0.4, -0.2) is 32.7 Å². The summed E-state index contributed by atoms with van der Waals surface area (Å²) < 4.78 is 17.1. The second-order valence-electron chi connectivity index (χ2n) is 4.81. The Morgan fingerprint density at radius 2 is 2.13 bits per heavy atom. The molecule has 0 aromatic rings. The minimum atomic E-state index is -0.364. The number of fused-ring (bicyclic) bond motifs is 2. The van der Waals surface area contributed by atoms with E-state index in [-0.39, 0.29) is 5.79 Å². The van der Waals surface area contributed by atoms with Gasteiger partial charge in [0.05, 0.1) is 12.7 Å². The predicted octanol–water partition coefficient (Wildman–Crippen LogP) is 2.20. The van der Waals surface area contributed by atoms with E-state index in [1.54, 1.807) is 14.2 Å². The predicted molar refractivity (Wildman–Crippen MR) is 57.6 cm³/mol. The van der Waals surface area contributed by atoms with Gasteiger partial charge in [0.2, 0.25) is 0 Å². The van der Waals surface area contributed by atoms with Gasteiger partial charge in [-0.05, 0) is 25.7 Å². The molecule has 0 aromatic heterocycles. The number of hydrogen-bond donors (Lipinski definition) is 0. The molecule has 2 rings (SSSR count). The van der Waals surface area contributed by atoms with Gasteiger partial charge in [-0.25, -0.2) is 0 Å². The van der Waals surface area contributed by atoms with Gasteiger partial charge in [-0.2, -0.15) is 0 Å². The number of methoxy groups -OCH3 is 2. The summed E-state index contributed by atoms with van der Waals surface area (Å²) in [5.74, 6) is 0.647. The van der Waals surface area contributed by atoms with Crippen LogP contribution in [0.2, 0.25) is 0 Å². The maximum atomic E-state index is 6.06. The van der Waals surface area contributed by atoms with Crippen molar-refractivity contribution < 1.29 is 14.2 Å². The van der Waals surface area contributed by atoms with E-state index in [0.29, 0.717) is 17.9 Å². The zero-order chi connectivity index (χ0) is 10.9. The molecule has 0 amide bonds. The van der Waals surface area contributed by atoms with Crippen LogP contribution in [0.3, 0.4) is 0 Å². The number of hydrogen-bond acceptors (Lipinski definition) is 3. The third kappa shape index (κ3) is 1.81. The highest BCUT2D eigenvalue weighted by Gasteiger charge is 2.54. The lowest BCUT2D eigenvalue weighted by Gasteiger charge is -2.32. The molecule has 0 N–H and O–H groups in total. The van der Waals surface area contributed by atoms with Crippen LogP contribution >= 0.6 is 0 Å². The SMILES string of the molecule is COCC1C2CCCCC1(OC)OC2C. The molecule has 1 heterocycles. The van der Waals surface area contributed by atoms with Crippen molar-refractivity contribution in [2.24, 2.45) is 11.8 Å². The average Bonchev–Trinajstić information content (AvgIpc) is 2.38. The summed E-state index contributed by atoms with van der Waals surface area (Å²) in [4.78, 5) is 0. The van der Waals surface area contributed by atoms with Crippen molar-refractivity contribution in [2.45, 2.75) is 44.5 Å². The molecule has 88 valence electrons. The van der Waals surface area contributed by atoms with Crippen LogP contribution in [0.1, 0.15) is 32.6 Å². The lowest BCUT2D eigenvalue weighted by Crippen LogP contribution is -2.40. The molecule has 3 nitrogen and oxygen atoms in total. The molecule has 2 bridgehead atoms. The molecule has 2 fully saturated rings. The van der Waals surface area contributed by atoms with Crippen molar-refractivity contribution in [3.05, 3.63) is 0 Å². The van der Waals surface area contributed by atoms with E-state index in [9.17, 15) is 0 Å². The molecule has 1 saturated heterocycles. The molecule has 2 aliphatic rings. The van der Waals surface area contributed by atoms with Crippen molar-refractivity contribution in [3.8, 4) is 0 Å².